The highest BCUT2D eigenvalue weighted by atomic mass is 16.6. The topological polar surface area (TPSA) is 78.9 Å². The second kappa shape index (κ2) is 9.37. The number of ether oxygens (including phenoxy) is 3. The molecule has 2 aliphatic heterocycles. The molecule has 6 heteroatoms. The highest BCUT2D eigenvalue weighted by Crippen LogP contribution is 2.44. The van der Waals surface area contributed by atoms with E-state index in [1.54, 1.807) is 7.11 Å². The van der Waals surface area contributed by atoms with Crippen LogP contribution in [-0.2, 0) is 28.6 Å². The highest BCUT2D eigenvalue weighted by Gasteiger charge is 2.55. The molecule has 2 fully saturated rings. The molecule has 0 bridgehead atoms. The smallest absolute Gasteiger partial charge is 0.309 e. The van der Waals surface area contributed by atoms with Crippen LogP contribution in [0.4, 0.5) is 0 Å². The van der Waals surface area contributed by atoms with Crippen LogP contribution in [0.25, 0.3) is 0 Å². The van der Waals surface area contributed by atoms with Gasteiger partial charge in [-0.1, -0.05) is 34.6 Å². The van der Waals surface area contributed by atoms with Gasteiger partial charge in [-0.3, -0.25) is 14.4 Å². The van der Waals surface area contributed by atoms with Gasteiger partial charge in [0.05, 0.1) is 17.9 Å². The van der Waals surface area contributed by atoms with Crippen molar-refractivity contribution >= 4 is 17.7 Å². The third-order valence-corrected chi connectivity index (χ3v) is 7.43. The van der Waals surface area contributed by atoms with Crippen LogP contribution in [0.15, 0.2) is 0 Å². The van der Waals surface area contributed by atoms with E-state index in [0.29, 0.717) is 19.3 Å². The molecule has 2 rings (SSSR count). The zero-order valence-corrected chi connectivity index (χ0v) is 19.9. The summed E-state index contributed by atoms with van der Waals surface area (Å²) in [5, 5.41) is 0. The molecule has 2 aliphatic rings. The minimum absolute atomic E-state index is 0.104. The fourth-order valence-electron chi connectivity index (χ4n) is 5.75. The lowest BCUT2D eigenvalue weighted by Gasteiger charge is -2.40. The molecular weight excluding hydrogens is 384 g/mol. The Bertz CT molecular complexity index is 660. The molecule has 0 radical (unpaired) electrons. The molecule has 6 nitrogen and oxygen atoms in total. The van der Waals surface area contributed by atoms with Crippen molar-refractivity contribution in [3.8, 4) is 0 Å². The van der Waals surface area contributed by atoms with Crippen LogP contribution in [0.2, 0.25) is 0 Å². The van der Waals surface area contributed by atoms with E-state index < -0.39 is 17.3 Å². The average molecular weight is 425 g/mol. The Morgan fingerprint density at radius 1 is 1.03 bits per heavy atom. The van der Waals surface area contributed by atoms with E-state index in [-0.39, 0.29) is 53.7 Å². The maximum Gasteiger partial charge on any atom is 0.309 e. The number of hydrogen-bond acceptors (Lipinski definition) is 6. The van der Waals surface area contributed by atoms with Gasteiger partial charge in [0.2, 0.25) is 0 Å². The number of methoxy groups -OCH3 is 1. The first-order chi connectivity index (χ1) is 13.9. The Labute approximate surface area is 181 Å². The molecule has 0 unspecified atom stereocenters. The first-order valence-electron chi connectivity index (χ1n) is 11.4. The number of ketones is 1. The van der Waals surface area contributed by atoms with Crippen LogP contribution in [-0.4, -0.2) is 42.1 Å². The molecule has 0 N–H and O–H groups in total. The summed E-state index contributed by atoms with van der Waals surface area (Å²) in [5.41, 5.74) is -1.46. The van der Waals surface area contributed by atoms with Crippen molar-refractivity contribution in [1.82, 2.24) is 0 Å². The summed E-state index contributed by atoms with van der Waals surface area (Å²) < 4.78 is 17.5. The molecule has 0 saturated carbocycles. The second-order valence-electron chi connectivity index (χ2n) is 10.2. The Balaban J connectivity index is 2.46. The molecule has 0 aromatic heterocycles. The summed E-state index contributed by atoms with van der Waals surface area (Å²) in [6.07, 6.45) is 2.15. The molecule has 0 aliphatic carbocycles. The minimum Gasteiger partial charge on any atom is -0.458 e. The normalized spacial score (nSPS) is 44.1. The maximum absolute atomic E-state index is 13.4. The van der Waals surface area contributed by atoms with Crippen molar-refractivity contribution in [3.05, 3.63) is 0 Å². The predicted molar refractivity (Wildman–Crippen MR) is 114 cm³/mol. The number of carbonyl (C=O) groups is 3. The van der Waals surface area contributed by atoms with Crippen LogP contribution in [0.5, 0.6) is 0 Å². The number of Topliss-reactive ketones (excluding diaryl/α,β-unsaturated/α-hetero) is 1. The number of hydrogen-bond donors (Lipinski definition) is 0. The van der Waals surface area contributed by atoms with Crippen molar-refractivity contribution < 1.29 is 28.6 Å². The van der Waals surface area contributed by atoms with Gasteiger partial charge in [0, 0.05) is 24.9 Å². The maximum atomic E-state index is 13.4. The molecule has 2 heterocycles. The van der Waals surface area contributed by atoms with Gasteiger partial charge in [-0.15, -0.1) is 0 Å². The van der Waals surface area contributed by atoms with E-state index in [1.165, 1.54) is 0 Å². The van der Waals surface area contributed by atoms with Crippen molar-refractivity contribution in [2.24, 2.45) is 29.6 Å². The van der Waals surface area contributed by atoms with Crippen molar-refractivity contribution in [2.75, 3.05) is 7.11 Å². The van der Waals surface area contributed by atoms with Crippen molar-refractivity contribution in [2.45, 2.75) is 97.9 Å². The molecular formula is C24H40O6. The first-order valence-corrected chi connectivity index (χ1v) is 11.4. The predicted octanol–water partition coefficient (Wildman–Crippen LogP) is 4.33. The first kappa shape index (κ1) is 24.8. The molecule has 0 amide bonds. The van der Waals surface area contributed by atoms with Gasteiger partial charge in [-0.25, -0.2) is 0 Å². The monoisotopic (exact) mass is 424 g/mol. The fraction of sp³-hybridized carbons (Fsp3) is 0.875. The van der Waals surface area contributed by atoms with Crippen LogP contribution in [0, 0.1) is 29.6 Å². The summed E-state index contributed by atoms with van der Waals surface area (Å²) in [5.74, 6) is -1.47. The third-order valence-electron chi connectivity index (χ3n) is 7.43. The van der Waals surface area contributed by atoms with Gasteiger partial charge >= 0.3 is 11.9 Å². The summed E-state index contributed by atoms with van der Waals surface area (Å²) in [6.45, 7) is 13.6. The van der Waals surface area contributed by atoms with Crippen LogP contribution in [0.3, 0.4) is 0 Å². The van der Waals surface area contributed by atoms with Crippen LogP contribution >= 0.6 is 0 Å². The standard InChI is InChI=1S/C24H40O6/c1-9-19-24(7)18(11-20(25)30-24)17(5)21(26)16(4)13-23(6,28-8)12-14(2)10-15(3)22(27)29-19/h14-19H,9-13H2,1-8H3/t14-,15+,16+,17+,18+,19+,23-,24-/m0/s1. The Hall–Kier alpha value is -1.43. The van der Waals surface area contributed by atoms with Crippen LogP contribution in [0.1, 0.15) is 80.6 Å². The van der Waals surface area contributed by atoms with Gasteiger partial charge in [0.1, 0.15) is 17.5 Å². The van der Waals surface area contributed by atoms with E-state index in [0.717, 1.165) is 6.42 Å². The van der Waals surface area contributed by atoms with E-state index >= 15 is 0 Å². The fourth-order valence-corrected chi connectivity index (χ4v) is 5.75. The zero-order chi connectivity index (χ0) is 22.9. The minimum atomic E-state index is -1.00. The molecule has 0 aromatic carbocycles. The summed E-state index contributed by atoms with van der Waals surface area (Å²) >= 11 is 0. The zero-order valence-electron chi connectivity index (χ0n) is 19.9. The highest BCUT2D eigenvalue weighted by molar-refractivity contribution is 5.85. The molecule has 2 saturated heterocycles. The Morgan fingerprint density at radius 2 is 1.67 bits per heavy atom. The molecule has 0 aromatic rings. The van der Waals surface area contributed by atoms with E-state index in [4.69, 9.17) is 14.2 Å². The number of esters is 2. The van der Waals surface area contributed by atoms with Crippen molar-refractivity contribution in [1.29, 1.82) is 0 Å². The Kier molecular flexibility index (Phi) is 7.76. The lowest BCUT2D eigenvalue weighted by atomic mass is 9.71. The number of rotatable bonds is 2. The second-order valence-corrected chi connectivity index (χ2v) is 10.2. The lowest BCUT2D eigenvalue weighted by molar-refractivity contribution is -0.183. The van der Waals surface area contributed by atoms with Gasteiger partial charge < -0.3 is 14.2 Å². The summed E-state index contributed by atoms with van der Waals surface area (Å²) in [4.78, 5) is 38.5. The summed E-state index contributed by atoms with van der Waals surface area (Å²) in [6, 6.07) is 0. The average Bonchev–Trinajstić information content (AvgIpc) is 2.98. The number of carbonyl (C=O) groups excluding carboxylic acids is 3. The number of cyclic esters (lactones) is 1. The largest absolute Gasteiger partial charge is 0.458 e. The van der Waals surface area contributed by atoms with Crippen LogP contribution < -0.4 is 0 Å². The molecule has 0 spiro atoms. The molecule has 8 atom stereocenters. The molecule has 30 heavy (non-hydrogen) atoms. The lowest BCUT2D eigenvalue weighted by Crippen LogP contribution is -2.51. The Morgan fingerprint density at radius 3 is 2.23 bits per heavy atom. The van der Waals surface area contributed by atoms with Crippen molar-refractivity contribution in [3.63, 3.8) is 0 Å². The third kappa shape index (κ3) is 5.06. The van der Waals surface area contributed by atoms with E-state index in [1.807, 2.05) is 41.5 Å². The van der Waals surface area contributed by atoms with E-state index in [2.05, 4.69) is 6.92 Å². The summed E-state index contributed by atoms with van der Waals surface area (Å²) in [7, 11) is 1.68. The van der Waals surface area contributed by atoms with Gasteiger partial charge in [0.25, 0.3) is 0 Å². The SMILES string of the molecule is CC[C@H]1OC(=O)[C@H](C)C[C@H](C)C[C@](C)(OC)C[C@@H](C)C(=O)[C@H](C)[C@H]2CC(=O)O[C@@]21C. The quantitative estimate of drug-likeness (QED) is 0.614. The van der Waals surface area contributed by atoms with Gasteiger partial charge in [0.15, 0.2) is 0 Å². The van der Waals surface area contributed by atoms with E-state index in [9.17, 15) is 14.4 Å². The number of fused-ring (bicyclic) bond motifs is 1. The van der Waals surface area contributed by atoms with Gasteiger partial charge in [-0.2, -0.15) is 0 Å². The molecule has 172 valence electrons. The van der Waals surface area contributed by atoms with Gasteiger partial charge in [-0.05, 0) is 45.4 Å².